The van der Waals surface area contributed by atoms with Gasteiger partial charge in [-0.25, -0.2) is 4.98 Å². The molecule has 2 aliphatic heterocycles. The first kappa shape index (κ1) is 12.7. The van der Waals surface area contributed by atoms with Crippen LogP contribution in [-0.2, 0) is 0 Å². The van der Waals surface area contributed by atoms with Crippen LogP contribution in [0.2, 0.25) is 0 Å². The zero-order chi connectivity index (χ0) is 13.2. The van der Waals surface area contributed by atoms with E-state index in [0.29, 0.717) is 24.0 Å². The summed E-state index contributed by atoms with van der Waals surface area (Å²) in [6.07, 6.45) is 6.81. The van der Waals surface area contributed by atoms with E-state index in [0.717, 1.165) is 12.5 Å². The van der Waals surface area contributed by atoms with Crippen molar-refractivity contribution in [2.75, 3.05) is 18.6 Å². The third kappa shape index (κ3) is 2.52. The number of fused-ring (bicyclic) bond motifs is 2. The molecule has 3 rings (SSSR count). The van der Waals surface area contributed by atoms with Crippen molar-refractivity contribution in [1.82, 2.24) is 15.3 Å². The van der Waals surface area contributed by atoms with Crippen LogP contribution in [-0.4, -0.2) is 41.7 Å². The minimum Gasteiger partial charge on any atom is -0.481 e. The normalized spacial score (nSPS) is 29.3. The molecule has 1 N–H and O–H groups in total. The van der Waals surface area contributed by atoms with Crippen LogP contribution in [0.3, 0.4) is 0 Å². The van der Waals surface area contributed by atoms with Crippen molar-refractivity contribution >= 4 is 5.95 Å². The number of hydrogen-bond acceptors (Lipinski definition) is 5. The SMILES string of the molecule is CCN(c1nccc(OC)n1)C1CC2CCC(C1)N2. The highest BCUT2D eigenvalue weighted by Gasteiger charge is 2.36. The molecule has 0 saturated carbocycles. The lowest BCUT2D eigenvalue weighted by Gasteiger charge is -2.37. The average Bonchev–Trinajstić information content (AvgIpc) is 2.79. The summed E-state index contributed by atoms with van der Waals surface area (Å²) in [5.74, 6) is 1.44. The second-order valence-electron chi connectivity index (χ2n) is 5.45. The van der Waals surface area contributed by atoms with E-state index in [2.05, 4.69) is 27.1 Å². The van der Waals surface area contributed by atoms with Crippen LogP contribution in [0.25, 0.3) is 0 Å². The second kappa shape index (κ2) is 5.33. The molecule has 1 aromatic heterocycles. The van der Waals surface area contributed by atoms with Gasteiger partial charge in [0.1, 0.15) is 0 Å². The highest BCUT2D eigenvalue weighted by Crippen LogP contribution is 2.31. The number of hydrogen-bond donors (Lipinski definition) is 1. The topological polar surface area (TPSA) is 50.3 Å². The Hall–Kier alpha value is -1.36. The van der Waals surface area contributed by atoms with Gasteiger partial charge in [-0.2, -0.15) is 4.98 Å². The molecular weight excluding hydrogens is 240 g/mol. The van der Waals surface area contributed by atoms with E-state index < -0.39 is 0 Å². The summed E-state index contributed by atoms with van der Waals surface area (Å²) >= 11 is 0. The smallest absolute Gasteiger partial charge is 0.228 e. The van der Waals surface area contributed by atoms with Gasteiger partial charge in [-0.15, -0.1) is 0 Å². The number of rotatable bonds is 4. The molecule has 1 aromatic rings. The van der Waals surface area contributed by atoms with Crippen LogP contribution in [0.15, 0.2) is 12.3 Å². The van der Waals surface area contributed by atoms with Gasteiger partial charge in [0.05, 0.1) is 7.11 Å². The number of aromatic nitrogens is 2. The van der Waals surface area contributed by atoms with Crippen LogP contribution in [0, 0.1) is 0 Å². The Morgan fingerprint density at radius 3 is 2.74 bits per heavy atom. The third-order valence-electron chi connectivity index (χ3n) is 4.31. The standard InChI is InChI=1S/C14H22N4O/c1-3-18(14-15-7-6-13(17-14)19-2)12-8-10-4-5-11(9-12)16-10/h6-7,10-12,16H,3-5,8-9H2,1-2H3. The van der Waals surface area contributed by atoms with Gasteiger partial charge in [0.25, 0.3) is 0 Å². The molecule has 2 fully saturated rings. The zero-order valence-corrected chi connectivity index (χ0v) is 11.7. The highest BCUT2D eigenvalue weighted by atomic mass is 16.5. The molecule has 2 unspecified atom stereocenters. The fourth-order valence-electron chi connectivity index (χ4n) is 3.43. The van der Waals surface area contributed by atoms with Gasteiger partial charge < -0.3 is 15.0 Å². The van der Waals surface area contributed by atoms with Gasteiger partial charge in [-0.1, -0.05) is 0 Å². The summed E-state index contributed by atoms with van der Waals surface area (Å²) in [6, 6.07) is 3.71. The summed E-state index contributed by atoms with van der Waals surface area (Å²) in [5.41, 5.74) is 0. The quantitative estimate of drug-likeness (QED) is 0.893. The van der Waals surface area contributed by atoms with Gasteiger partial charge in [0.2, 0.25) is 11.8 Å². The maximum absolute atomic E-state index is 5.20. The van der Waals surface area contributed by atoms with Crippen molar-refractivity contribution in [3.05, 3.63) is 12.3 Å². The van der Waals surface area contributed by atoms with E-state index in [9.17, 15) is 0 Å². The van der Waals surface area contributed by atoms with Crippen molar-refractivity contribution in [2.45, 2.75) is 50.7 Å². The number of ether oxygens (including phenoxy) is 1. The third-order valence-corrected chi connectivity index (χ3v) is 4.31. The van der Waals surface area contributed by atoms with Crippen molar-refractivity contribution in [1.29, 1.82) is 0 Å². The number of anilines is 1. The maximum atomic E-state index is 5.20. The lowest BCUT2D eigenvalue weighted by atomic mass is 9.98. The van der Waals surface area contributed by atoms with E-state index >= 15 is 0 Å². The molecule has 0 aromatic carbocycles. The Morgan fingerprint density at radius 1 is 1.37 bits per heavy atom. The molecular formula is C14H22N4O. The van der Waals surface area contributed by atoms with Crippen molar-refractivity contribution in [3.63, 3.8) is 0 Å². The predicted octanol–water partition coefficient (Wildman–Crippen LogP) is 1.59. The summed E-state index contributed by atoms with van der Waals surface area (Å²) in [4.78, 5) is 11.2. The fraction of sp³-hybridized carbons (Fsp3) is 0.714. The lowest BCUT2D eigenvalue weighted by molar-refractivity contribution is 0.345. The van der Waals surface area contributed by atoms with Gasteiger partial charge in [0.15, 0.2) is 0 Å². The van der Waals surface area contributed by atoms with E-state index in [4.69, 9.17) is 4.74 Å². The molecule has 104 valence electrons. The molecule has 3 heterocycles. The first-order valence-corrected chi connectivity index (χ1v) is 7.20. The van der Waals surface area contributed by atoms with Crippen LogP contribution in [0.5, 0.6) is 5.88 Å². The van der Waals surface area contributed by atoms with Crippen LogP contribution < -0.4 is 15.0 Å². The van der Waals surface area contributed by atoms with Crippen molar-refractivity contribution in [3.8, 4) is 5.88 Å². The fourth-order valence-corrected chi connectivity index (χ4v) is 3.43. The second-order valence-corrected chi connectivity index (χ2v) is 5.45. The summed E-state index contributed by atoms with van der Waals surface area (Å²) < 4.78 is 5.20. The summed E-state index contributed by atoms with van der Waals surface area (Å²) in [7, 11) is 1.65. The van der Waals surface area contributed by atoms with Crippen molar-refractivity contribution < 1.29 is 4.74 Å². The molecule has 5 nitrogen and oxygen atoms in total. The molecule has 2 atom stereocenters. The number of piperidine rings is 1. The van der Waals surface area contributed by atoms with E-state index in [-0.39, 0.29) is 0 Å². The zero-order valence-electron chi connectivity index (χ0n) is 11.7. The molecule has 5 heteroatoms. The summed E-state index contributed by atoms with van der Waals surface area (Å²) in [6.45, 7) is 3.12. The number of nitrogens with one attached hydrogen (secondary N) is 1. The largest absolute Gasteiger partial charge is 0.481 e. The molecule has 0 radical (unpaired) electrons. The monoisotopic (exact) mass is 262 g/mol. The first-order chi connectivity index (χ1) is 9.30. The maximum Gasteiger partial charge on any atom is 0.228 e. The average molecular weight is 262 g/mol. The summed E-state index contributed by atoms with van der Waals surface area (Å²) in [5, 5.41) is 3.68. The Labute approximate surface area is 114 Å². The Bertz CT molecular complexity index is 427. The lowest BCUT2D eigenvalue weighted by Crippen LogP contribution is -2.48. The van der Waals surface area contributed by atoms with Crippen molar-refractivity contribution in [2.24, 2.45) is 0 Å². The highest BCUT2D eigenvalue weighted by molar-refractivity contribution is 5.34. The van der Waals surface area contributed by atoms with Crippen LogP contribution >= 0.6 is 0 Å². The minimum absolute atomic E-state index is 0.552. The van der Waals surface area contributed by atoms with Crippen LogP contribution in [0.4, 0.5) is 5.95 Å². The molecule has 0 amide bonds. The number of methoxy groups -OCH3 is 1. The number of nitrogens with zero attached hydrogens (tertiary/aromatic N) is 3. The van der Waals surface area contributed by atoms with E-state index in [1.165, 1.54) is 25.7 Å². The Balaban J connectivity index is 1.79. The molecule has 0 spiro atoms. The van der Waals surface area contributed by atoms with Gasteiger partial charge in [-0.05, 0) is 32.6 Å². The minimum atomic E-state index is 0.552. The molecule has 2 saturated heterocycles. The Morgan fingerprint density at radius 2 is 2.11 bits per heavy atom. The van der Waals surface area contributed by atoms with Gasteiger partial charge in [0, 0.05) is 36.9 Å². The molecule has 2 bridgehead atoms. The molecule has 0 aliphatic carbocycles. The molecule has 19 heavy (non-hydrogen) atoms. The predicted molar refractivity (Wildman–Crippen MR) is 74.6 cm³/mol. The molecule has 2 aliphatic rings. The van der Waals surface area contributed by atoms with E-state index in [1.54, 1.807) is 19.4 Å². The van der Waals surface area contributed by atoms with E-state index in [1.807, 2.05) is 0 Å². The van der Waals surface area contributed by atoms with Gasteiger partial charge >= 0.3 is 0 Å². The first-order valence-electron chi connectivity index (χ1n) is 7.20. The van der Waals surface area contributed by atoms with Crippen LogP contribution in [0.1, 0.15) is 32.6 Å². The van der Waals surface area contributed by atoms with Gasteiger partial charge in [-0.3, -0.25) is 0 Å². The Kier molecular flexibility index (Phi) is 3.55.